The van der Waals surface area contributed by atoms with Gasteiger partial charge in [0.1, 0.15) is 5.92 Å². The van der Waals surface area contributed by atoms with Gasteiger partial charge in [-0.1, -0.05) is 6.07 Å². The van der Waals surface area contributed by atoms with Gasteiger partial charge in [-0.05, 0) is 11.4 Å². The maximum absolute atomic E-state index is 12.5. The van der Waals surface area contributed by atoms with Gasteiger partial charge < -0.3 is 0 Å². The summed E-state index contributed by atoms with van der Waals surface area (Å²) in [6.07, 6.45) is 6.31. The topological polar surface area (TPSA) is 71.0 Å². The van der Waals surface area contributed by atoms with Crippen LogP contribution in [0.5, 0.6) is 0 Å². The summed E-state index contributed by atoms with van der Waals surface area (Å²) in [6.45, 7) is 0. The van der Waals surface area contributed by atoms with Crippen molar-refractivity contribution in [3.8, 4) is 6.07 Å². The van der Waals surface area contributed by atoms with Crippen LogP contribution in [0.1, 0.15) is 21.2 Å². The molecule has 0 saturated heterocycles. The van der Waals surface area contributed by atoms with E-state index in [0.29, 0.717) is 11.1 Å². The van der Waals surface area contributed by atoms with Crippen molar-refractivity contribution < 1.29 is 4.79 Å². The fourth-order valence-electron chi connectivity index (χ4n) is 1.89. The number of carbonyl (C=O) groups is 1. The van der Waals surface area contributed by atoms with Gasteiger partial charge in [-0.25, -0.2) is 4.52 Å². The van der Waals surface area contributed by atoms with E-state index in [-0.39, 0.29) is 5.78 Å². The molecule has 0 saturated carbocycles. The number of aromatic nitrogens is 3. The molecule has 0 fully saturated rings. The third-order valence-electron chi connectivity index (χ3n) is 2.81. The van der Waals surface area contributed by atoms with Crippen LogP contribution in [0, 0.1) is 11.3 Å². The van der Waals surface area contributed by atoms with Crippen molar-refractivity contribution in [3.05, 3.63) is 52.7 Å². The van der Waals surface area contributed by atoms with Crippen molar-refractivity contribution in [2.24, 2.45) is 0 Å². The smallest absolute Gasteiger partial charge is 0.189 e. The number of nitriles is 1. The molecule has 3 aromatic rings. The number of carbonyl (C=O) groups excluding carboxylic acids is 1. The second kappa shape index (κ2) is 4.63. The molecule has 0 aliphatic rings. The quantitative estimate of drug-likeness (QED) is 0.683. The Morgan fingerprint density at radius 3 is 3.11 bits per heavy atom. The summed E-state index contributed by atoms with van der Waals surface area (Å²) in [6, 6.07) is 5.68. The third-order valence-corrected chi connectivity index (χ3v) is 3.75. The molecule has 6 heteroatoms. The lowest BCUT2D eigenvalue weighted by molar-refractivity contribution is 0.0981. The van der Waals surface area contributed by atoms with Crippen molar-refractivity contribution in [2.75, 3.05) is 0 Å². The summed E-state index contributed by atoms with van der Waals surface area (Å²) < 4.78 is 1.57. The van der Waals surface area contributed by atoms with Crippen molar-refractivity contribution in [1.82, 2.24) is 14.6 Å². The molecule has 0 aliphatic carbocycles. The Bertz CT molecular complexity index is 769. The van der Waals surface area contributed by atoms with Crippen molar-refractivity contribution >= 4 is 22.6 Å². The molecule has 0 aromatic carbocycles. The normalized spacial score (nSPS) is 12.2. The molecule has 3 aromatic heterocycles. The molecular formula is C13H8N4OS. The van der Waals surface area contributed by atoms with E-state index < -0.39 is 5.92 Å². The fraction of sp³-hybridized carbons (Fsp3) is 0.0769. The van der Waals surface area contributed by atoms with E-state index in [1.807, 2.05) is 11.4 Å². The summed E-state index contributed by atoms with van der Waals surface area (Å²) in [7, 11) is 0. The molecule has 3 rings (SSSR count). The summed E-state index contributed by atoms with van der Waals surface area (Å²) >= 11 is 1.40. The second-order valence-corrected chi connectivity index (χ2v) is 4.89. The highest BCUT2D eigenvalue weighted by Gasteiger charge is 2.25. The van der Waals surface area contributed by atoms with Gasteiger partial charge >= 0.3 is 0 Å². The molecule has 5 nitrogen and oxygen atoms in total. The molecule has 0 bridgehead atoms. The van der Waals surface area contributed by atoms with E-state index in [0.717, 1.165) is 4.88 Å². The third kappa shape index (κ3) is 1.90. The van der Waals surface area contributed by atoms with Gasteiger partial charge in [0.05, 0.1) is 29.5 Å². The lowest BCUT2D eigenvalue weighted by Gasteiger charge is -2.04. The Morgan fingerprint density at radius 2 is 2.37 bits per heavy atom. The SMILES string of the molecule is N#CC(C(=O)c1cnn2ccncc12)c1cccs1. The first-order valence-electron chi connectivity index (χ1n) is 5.56. The summed E-state index contributed by atoms with van der Waals surface area (Å²) in [5.74, 6) is -1.03. The molecule has 1 unspecified atom stereocenters. The maximum Gasteiger partial charge on any atom is 0.189 e. The molecule has 19 heavy (non-hydrogen) atoms. The number of rotatable bonds is 3. The monoisotopic (exact) mass is 268 g/mol. The van der Waals surface area contributed by atoms with Crippen LogP contribution in [0.2, 0.25) is 0 Å². The van der Waals surface area contributed by atoms with Crippen LogP contribution in [0.25, 0.3) is 5.52 Å². The summed E-state index contributed by atoms with van der Waals surface area (Å²) in [4.78, 5) is 17.2. The van der Waals surface area contributed by atoms with Gasteiger partial charge in [-0.2, -0.15) is 10.4 Å². The molecule has 0 spiro atoms. The van der Waals surface area contributed by atoms with Crippen LogP contribution in [-0.4, -0.2) is 20.4 Å². The Balaban J connectivity index is 2.07. The van der Waals surface area contributed by atoms with Gasteiger partial charge in [0.15, 0.2) is 5.78 Å². The molecule has 3 heterocycles. The highest BCUT2D eigenvalue weighted by atomic mass is 32.1. The Labute approximate surface area is 112 Å². The minimum absolute atomic E-state index is 0.243. The molecule has 0 radical (unpaired) electrons. The maximum atomic E-state index is 12.5. The largest absolute Gasteiger partial charge is 0.292 e. The first-order chi connectivity index (χ1) is 9.31. The summed E-state index contributed by atoms with van der Waals surface area (Å²) in [5.41, 5.74) is 1.04. The van der Waals surface area contributed by atoms with E-state index in [2.05, 4.69) is 16.2 Å². The average molecular weight is 268 g/mol. The van der Waals surface area contributed by atoms with Crippen LogP contribution in [0.4, 0.5) is 0 Å². The molecule has 0 amide bonds. The zero-order chi connectivity index (χ0) is 13.2. The van der Waals surface area contributed by atoms with Gasteiger partial charge in [-0.15, -0.1) is 11.3 Å². The van der Waals surface area contributed by atoms with Crippen LogP contribution in [0.3, 0.4) is 0 Å². The van der Waals surface area contributed by atoms with E-state index in [1.54, 1.807) is 29.2 Å². The van der Waals surface area contributed by atoms with Crippen LogP contribution in [0.15, 0.2) is 42.3 Å². The standard InChI is InChI=1S/C13H8N4OS/c14-6-9(12-2-1-5-19-12)13(18)10-7-16-17-4-3-15-8-11(10)17/h1-5,7-9H. The van der Waals surface area contributed by atoms with E-state index in [1.165, 1.54) is 17.5 Å². The highest BCUT2D eigenvalue weighted by Crippen LogP contribution is 2.25. The van der Waals surface area contributed by atoms with Gasteiger partial charge in [0.25, 0.3) is 0 Å². The minimum atomic E-state index is -0.784. The number of Topliss-reactive ketones (excluding diaryl/α,β-unsaturated/α-hetero) is 1. The zero-order valence-corrected chi connectivity index (χ0v) is 10.5. The number of thiophene rings is 1. The molecule has 1 atom stereocenters. The number of hydrogen-bond donors (Lipinski definition) is 0. The second-order valence-electron chi connectivity index (χ2n) is 3.91. The Hall–Kier alpha value is -2.52. The first kappa shape index (κ1) is 11.6. The highest BCUT2D eigenvalue weighted by molar-refractivity contribution is 7.10. The van der Waals surface area contributed by atoms with Gasteiger partial charge in [0, 0.05) is 17.3 Å². The van der Waals surface area contributed by atoms with Gasteiger partial charge in [-0.3, -0.25) is 9.78 Å². The van der Waals surface area contributed by atoms with Crippen LogP contribution in [-0.2, 0) is 0 Å². The first-order valence-corrected chi connectivity index (χ1v) is 6.44. The van der Waals surface area contributed by atoms with Crippen molar-refractivity contribution in [2.45, 2.75) is 5.92 Å². The Morgan fingerprint density at radius 1 is 1.47 bits per heavy atom. The fourth-order valence-corrected chi connectivity index (χ4v) is 2.65. The minimum Gasteiger partial charge on any atom is -0.292 e. The molecule has 0 N–H and O–H groups in total. The summed E-state index contributed by atoms with van der Waals surface area (Å²) in [5, 5.41) is 15.2. The van der Waals surface area contributed by atoms with Crippen molar-refractivity contribution in [1.29, 1.82) is 5.26 Å². The zero-order valence-electron chi connectivity index (χ0n) is 9.72. The van der Waals surface area contributed by atoms with Crippen molar-refractivity contribution in [3.63, 3.8) is 0 Å². The lowest BCUT2D eigenvalue weighted by atomic mass is 9.99. The van der Waals surface area contributed by atoms with E-state index in [4.69, 9.17) is 0 Å². The predicted molar refractivity (Wildman–Crippen MR) is 70.0 cm³/mol. The lowest BCUT2D eigenvalue weighted by Crippen LogP contribution is -2.09. The van der Waals surface area contributed by atoms with E-state index >= 15 is 0 Å². The molecule has 0 aliphatic heterocycles. The Kier molecular flexibility index (Phi) is 2.82. The van der Waals surface area contributed by atoms with E-state index in [9.17, 15) is 10.1 Å². The average Bonchev–Trinajstić information content (AvgIpc) is 3.08. The molecule has 92 valence electrons. The van der Waals surface area contributed by atoms with Gasteiger partial charge in [0.2, 0.25) is 0 Å². The van der Waals surface area contributed by atoms with Crippen LogP contribution >= 0.6 is 11.3 Å². The molecular weight excluding hydrogens is 260 g/mol. The van der Waals surface area contributed by atoms with Crippen LogP contribution < -0.4 is 0 Å². The number of nitrogens with zero attached hydrogens (tertiary/aromatic N) is 4. The number of fused-ring (bicyclic) bond motifs is 1. The predicted octanol–water partition coefficient (Wildman–Crippen LogP) is 2.28. The number of hydrogen-bond acceptors (Lipinski definition) is 5. The number of ketones is 1.